The van der Waals surface area contributed by atoms with Crippen molar-refractivity contribution in [3.05, 3.63) is 47.5 Å². The predicted molar refractivity (Wildman–Crippen MR) is 86.7 cm³/mol. The van der Waals surface area contributed by atoms with E-state index in [4.69, 9.17) is 4.98 Å². The second kappa shape index (κ2) is 4.92. The zero-order valence-electron chi connectivity index (χ0n) is 12.9. The molecule has 0 atom stereocenters. The molecule has 3 rings (SSSR count). The standard InChI is InChI=1S/C18H20N2O/c1-11(2)20-16-9-8-12(3)10-15(16)19-18(20)14-7-5-6-13(4)17(14)21/h5-11,21H,1-4H3. The number of hydrogen-bond donors (Lipinski definition) is 1. The van der Waals surface area contributed by atoms with Crippen LogP contribution in [0.1, 0.15) is 31.0 Å². The van der Waals surface area contributed by atoms with Gasteiger partial charge in [-0.15, -0.1) is 0 Å². The summed E-state index contributed by atoms with van der Waals surface area (Å²) in [6.07, 6.45) is 0. The van der Waals surface area contributed by atoms with Crippen molar-refractivity contribution in [2.45, 2.75) is 33.7 Å². The van der Waals surface area contributed by atoms with E-state index in [0.717, 1.165) is 28.0 Å². The highest BCUT2D eigenvalue weighted by Gasteiger charge is 2.18. The van der Waals surface area contributed by atoms with E-state index < -0.39 is 0 Å². The molecule has 1 aromatic heterocycles. The summed E-state index contributed by atoms with van der Waals surface area (Å²) in [6.45, 7) is 8.25. The monoisotopic (exact) mass is 280 g/mol. The van der Waals surface area contributed by atoms with Gasteiger partial charge >= 0.3 is 0 Å². The average molecular weight is 280 g/mol. The van der Waals surface area contributed by atoms with Gasteiger partial charge in [-0.25, -0.2) is 4.98 Å². The Hall–Kier alpha value is -2.29. The van der Waals surface area contributed by atoms with E-state index >= 15 is 0 Å². The number of phenolic OH excluding ortho intramolecular Hbond substituents is 1. The van der Waals surface area contributed by atoms with Crippen LogP contribution in [0.2, 0.25) is 0 Å². The topological polar surface area (TPSA) is 38.1 Å². The number of rotatable bonds is 2. The lowest BCUT2D eigenvalue weighted by Crippen LogP contribution is -2.03. The van der Waals surface area contributed by atoms with Crippen molar-refractivity contribution < 1.29 is 5.11 Å². The summed E-state index contributed by atoms with van der Waals surface area (Å²) in [4.78, 5) is 4.77. The van der Waals surface area contributed by atoms with Crippen LogP contribution in [0.25, 0.3) is 22.4 Å². The molecule has 3 aromatic rings. The van der Waals surface area contributed by atoms with Gasteiger partial charge in [0.05, 0.1) is 16.6 Å². The van der Waals surface area contributed by atoms with E-state index in [-0.39, 0.29) is 6.04 Å². The van der Waals surface area contributed by atoms with Crippen LogP contribution >= 0.6 is 0 Å². The smallest absolute Gasteiger partial charge is 0.145 e. The maximum Gasteiger partial charge on any atom is 0.145 e. The van der Waals surface area contributed by atoms with Gasteiger partial charge in [-0.3, -0.25) is 0 Å². The molecule has 108 valence electrons. The van der Waals surface area contributed by atoms with Crippen LogP contribution in [0, 0.1) is 13.8 Å². The Balaban J connectivity index is 2.36. The Bertz CT molecular complexity index is 815. The molecule has 0 radical (unpaired) electrons. The Morgan fingerprint density at radius 1 is 1.10 bits per heavy atom. The first kappa shape index (κ1) is 13.7. The summed E-state index contributed by atoms with van der Waals surface area (Å²) in [7, 11) is 0. The molecule has 0 saturated heterocycles. The number of para-hydroxylation sites is 1. The molecule has 0 bridgehead atoms. The number of aromatic hydroxyl groups is 1. The number of hydrogen-bond acceptors (Lipinski definition) is 2. The Morgan fingerprint density at radius 2 is 1.86 bits per heavy atom. The SMILES string of the molecule is Cc1ccc2c(c1)nc(-c1cccc(C)c1O)n2C(C)C. The summed E-state index contributed by atoms with van der Waals surface area (Å²) < 4.78 is 2.18. The zero-order valence-corrected chi connectivity index (χ0v) is 12.9. The molecule has 0 saturated carbocycles. The molecule has 0 fully saturated rings. The fourth-order valence-electron chi connectivity index (χ4n) is 2.76. The summed E-state index contributed by atoms with van der Waals surface area (Å²) in [5.41, 5.74) is 4.92. The third kappa shape index (κ3) is 2.19. The molecule has 2 aromatic carbocycles. The molecule has 1 N–H and O–H groups in total. The second-order valence-electron chi connectivity index (χ2n) is 5.86. The summed E-state index contributed by atoms with van der Waals surface area (Å²) in [6, 6.07) is 12.4. The van der Waals surface area contributed by atoms with E-state index in [9.17, 15) is 5.11 Å². The van der Waals surface area contributed by atoms with Crippen LogP contribution in [0.5, 0.6) is 5.75 Å². The normalized spacial score (nSPS) is 11.5. The molecule has 0 aliphatic rings. The van der Waals surface area contributed by atoms with Crippen molar-refractivity contribution in [1.82, 2.24) is 9.55 Å². The van der Waals surface area contributed by atoms with Gasteiger partial charge in [0.25, 0.3) is 0 Å². The van der Waals surface area contributed by atoms with Crippen LogP contribution in [0.3, 0.4) is 0 Å². The Morgan fingerprint density at radius 3 is 2.57 bits per heavy atom. The average Bonchev–Trinajstić information content (AvgIpc) is 2.80. The van der Waals surface area contributed by atoms with Crippen molar-refractivity contribution in [3.8, 4) is 17.1 Å². The van der Waals surface area contributed by atoms with Crippen LogP contribution in [0.4, 0.5) is 0 Å². The first-order valence-electron chi connectivity index (χ1n) is 7.26. The van der Waals surface area contributed by atoms with Crippen LogP contribution in [-0.2, 0) is 0 Å². The highest BCUT2D eigenvalue weighted by Crippen LogP contribution is 2.35. The number of fused-ring (bicyclic) bond motifs is 1. The van der Waals surface area contributed by atoms with Crippen molar-refractivity contribution in [3.63, 3.8) is 0 Å². The maximum absolute atomic E-state index is 10.4. The maximum atomic E-state index is 10.4. The number of benzene rings is 2. The number of aryl methyl sites for hydroxylation is 2. The minimum Gasteiger partial charge on any atom is -0.507 e. The number of imidazole rings is 1. The first-order chi connectivity index (χ1) is 9.99. The fourth-order valence-corrected chi connectivity index (χ4v) is 2.76. The van der Waals surface area contributed by atoms with E-state index in [1.54, 1.807) is 0 Å². The molecule has 0 spiro atoms. The van der Waals surface area contributed by atoms with Gasteiger partial charge in [0.2, 0.25) is 0 Å². The predicted octanol–water partition coefficient (Wildman–Crippen LogP) is 4.61. The summed E-state index contributed by atoms with van der Waals surface area (Å²) in [5.74, 6) is 1.14. The molecule has 1 heterocycles. The molecule has 0 amide bonds. The first-order valence-corrected chi connectivity index (χ1v) is 7.26. The Labute approximate surface area is 124 Å². The minimum absolute atomic E-state index is 0.271. The van der Waals surface area contributed by atoms with Crippen LogP contribution in [0.15, 0.2) is 36.4 Å². The molecular weight excluding hydrogens is 260 g/mol. The summed E-state index contributed by atoms with van der Waals surface area (Å²) >= 11 is 0. The highest BCUT2D eigenvalue weighted by molar-refractivity contribution is 5.83. The van der Waals surface area contributed by atoms with Crippen molar-refractivity contribution in [2.75, 3.05) is 0 Å². The third-order valence-corrected chi connectivity index (χ3v) is 3.84. The van der Waals surface area contributed by atoms with Crippen LogP contribution < -0.4 is 0 Å². The fraction of sp³-hybridized carbons (Fsp3) is 0.278. The zero-order chi connectivity index (χ0) is 15.1. The molecule has 3 heteroatoms. The third-order valence-electron chi connectivity index (χ3n) is 3.84. The molecule has 3 nitrogen and oxygen atoms in total. The number of nitrogens with zero attached hydrogens (tertiary/aromatic N) is 2. The minimum atomic E-state index is 0.271. The van der Waals surface area contributed by atoms with Gasteiger partial charge in [0.1, 0.15) is 11.6 Å². The van der Waals surface area contributed by atoms with E-state index in [0.29, 0.717) is 5.75 Å². The highest BCUT2D eigenvalue weighted by atomic mass is 16.3. The van der Waals surface area contributed by atoms with Gasteiger partial charge in [-0.05, 0) is 57.0 Å². The molecule has 0 unspecified atom stereocenters. The van der Waals surface area contributed by atoms with E-state index in [2.05, 4.69) is 43.5 Å². The van der Waals surface area contributed by atoms with E-state index in [1.165, 1.54) is 5.56 Å². The van der Waals surface area contributed by atoms with Gasteiger partial charge < -0.3 is 9.67 Å². The molecule has 21 heavy (non-hydrogen) atoms. The van der Waals surface area contributed by atoms with Crippen molar-refractivity contribution in [1.29, 1.82) is 0 Å². The van der Waals surface area contributed by atoms with Crippen LogP contribution in [-0.4, -0.2) is 14.7 Å². The quantitative estimate of drug-likeness (QED) is 0.744. The van der Waals surface area contributed by atoms with Gasteiger partial charge in [-0.1, -0.05) is 18.2 Å². The van der Waals surface area contributed by atoms with Crippen molar-refractivity contribution >= 4 is 11.0 Å². The van der Waals surface area contributed by atoms with Crippen molar-refractivity contribution in [2.24, 2.45) is 0 Å². The largest absolute Gasteiger partial charge is 0.507 e. The molecular formula is C18H20N2O. The van der Waals surface area contributed by atoms with Gasteiger partial charge in [0, 0.05) is 6.04 Å². The van der Waals surface area contributed by atoms with Gasteiger partial charge in [0.15, 0.2) is 0 Å². The molecule has 0 aliphatic heterocycles. The molecule has 0 aliphatic carbocycles. The lowest BCUT2D eigenvalue weighted by atomic mass is 10.1. The Kier molecular flexibility index (Phi) is 3.20. The number of phenols is 1. The lowest BCUT2D eigenvalue weighted by molar-refractivity contribution is 0.472. The lowest BCUT2D eigenvalue weighted by Gasteiger charge is -2.14. The van der Waals surface area contributed by atoms with Gasteiger partial charge in [-0.2, -0.15) is 0 Å². The van der Waals surface area contributed by atoms with E-state index in [1.807, 2.05) is 25.1 Å². The number of aromatic nitrogens is 2. The summed E-state index contributed by atoms with van der Waals surface area (Å²) in [5, 5.41) is 10.4. The second-order valence-corrected chi connectivity index (χ2v) is 5.86.